The predicted molar refractivity (Wildman–Crippen MR) is 136 cm³/mol. The Bertz CT molecular complexity index is 1400. The number of fused-ring (bicyclic) bond motifs is 1. The third kappa shape index (κ3) is 4.18. The molecule has 0 fully saturated rings. The minimum Gasteiger partial charge on any atom is -0.502 e. The van der Waals surface area contributed by atoms with Crippen LogP contribution in [0.15, 0.2) is 60.7 Å². The first-order valence-electron chi connectivity index (χ1n) is 11.6. The monoisotopic (exact) mass is 501 g/mol. The van der Waals surface area contributed by atoms with Crippen molar-refractivity contribution in [3.05, 3.63) is 83.0 Å². The largest absolute Gasteiger partial charge is 0.502 e. The predicted octanol–water partition coefficient (Wildman–Crippen LogP) is 4.56. The number of carbonyl (C=O) groups is 1. The Balaban J connectivity index is 1.66. The molecule has 0 saturated carbocycles. The first-order valence-corrected chi connectivity index (χ1v) is 11.6. The van der Waals surface area contributed by atoms with Gasteiger partial charge in [0.15, 0.2) is 11.5 Å². The zero-order valence-electron chi connectivity index (χ0n) is 20.9. The molecule has 1 aliphatic rings. The number of phenols is 1. The SMILES string of the molecule is COc1ccc(CN2C(=O)c3[nH]nc(-c4ccc(OC)cc4)c3C2c2cc(OC)c(O)c(OC)c2)cc1. The fourth-order valence-electron chi connectivity index (χ4n) is 4.67. The number of amides is 1. The van der Waals surface area contributed by atoms with Gasteiger partial charge in [0.2, 0.25) is 5.75 Å². The lowest BCUT2D eigenvalue weighted by Crippen LogP contribution is -2.29. The van der Waals surface area contributed by atoms with Gasteiger partial charge in [0.1, 0.15) is 17.2 Å². The Kier molecular flexibility index (Phi) is 6.35. The van der Waals surface area contributed by atoms with Crippen molar-refractivity contribution in [2.24, 2.45) is 0 Å². The summed E-state index contributed by atoms with van der Waals surface area (Å²) in [5, 5.41) is 18.0. The number of nitrogens with zero attached hydrogens (tertiary/aromatic N) is 2. The van der Waals surface area contributed by atoms with E-state index in [0.29, 0.717) is 23.5 Å². The third-order valence-corrected chi connectivity index (χ3v) is 6.56. The Labute approximate surface area is 214 Å². The first-order chi connectivity index (χ1) is 18.0. The molecule has 5 rings (SSSR count). The molecule has 3 aromatic carbocycles. The van der Waals surface area contributed by atoms with Gasteiger partial charge in [0.05, 0.1) is 40.2 Å². The third-order valence-electron chi connectivity index (χ3n) is 6.56. The molecule has 1 aliphatic heterocycles. The maximum absolute atomic E-state index is 13.7. The van der Waals surface area contributed by atoms with Crippen LogP contribution in [-0.2, 0) is 6.54 Å². The summed E-state index contributed by atoms with van der Waals surface area (Å²) in [5.41, 5.74) is 4.28. The van der Waals surface area contributed by atoms with Crippen molar-refractivity contribution in [3.63, 3.8) is 0 Å². The van der Waals surface area contributed by atoms with Gasteiger partial charge in [-0.05, 0) is 59.7 Å². The fraction of sp³-hybridized carbons (Fsp3) is 0.214. The van der Waals surface area contributed by atoms with Gasteiger partial charge in [-0.15, -0.1) is 0 Å². The van der Waals surface area contributed by atoms with Gasteiger partial charge >= 0.3 is 0 Å². The summed E-state index contributed by atoms with van der Waals surface area (Å²) in [6.45, 7) is 0.337. The average Bonchev–Trinajstić information content (AvgIpc) is 3.48. The standard InChI is InChI=1S/C28H27N3O6/c1-34-19-9-5-16(6-10-19)15-31-26(18-13-21(36-3)27(32)22(14-18)37-4)23-24(29-30-25(23)28(31)33)17-7-11-20(35-2)12-8-17/h5-14,26,32H,15H2,1-4H3,(H,29,30). The maximum atomic E-state index is 13.7. The number of rotatable bonds is 8. The van der Waals surface area contributed by atoms with E-state index in [-0.39, 0.29) is 23.2 Å². The van der Waals surface area contributed by atoms with Gasteiger partial charge in [-0.1, -0.05) is 12.1 Å². The summed E-state index contributed by atoms with van der Waals surface area (Å²) in [6, 6.07) is 18.0. The molecule has 190 valence electrons. The number of hydrogen-bond donors (Lipinski definition) is 2. The van der Waals surface area contributed by atoms with Crippen LogP contribution in [0.1, 0.15) is 33.2 Å². The summed E-state index contributed by atoms with van der Waals surface area (Å²) in [4.78, 5) is 15.5. The zero-order valence-corrected chi connectivity index (χ0v) is 20.9. The number of carbonyl (C=O) groups excluding carboxylic acids is 1. The van der Waals surface area contributed by atoms with E-state index in [1.807, 2.05) is 48.5 Å². The van der Waals surface area contributed by atoms with E-state index in [2.05, 4.69) is 10.2 Å². The number of aromatic nitrogens is 2. The van der Waals surface area contributed by atoms with E-state index < -0.39 is 6.04 Å². The molecule has 2 heterocycles. The molecule has 1 unspecified atom stereocenters. The highest BCUT2D eigenvalue weighted by Crippen LogP contribution is 2.47. The molecule has 0 radical (unpaired) electrons. The summed E-state index contributed by atoms with van der Waals surface area (Å²) in [5.74, 6) is 1.65. The van der Waals surface area contributed by atoms with Crippen LogP contribution in [0, 0.1) is 0 Å². The summed E-state index contributed by atoms with van der Waals surface area (Å²) < 4.78 is 21.4. The molecule has 0 spiro atoms. The molecule has 9 heteroatoms. The van der Waals surface area contributed by atoms with Crippen LogP contribution in [-0.4, -0.2) is 54.6 Å². The number of ether oxygens (including phenoxy) is 4. The van der Waals surface area contributed by atoms with Crippen molar-refractivity contribution in [2.75, 3.05) is 28.4 Å². The van der Waals surface area contributed by atoms with Crippen LogP contribution in [0.3, 0.4) is 0 Å². The first kappa shape index (κ1) is 24.1. The van der Waals surface area contributed by atoms with E-state index in [4.69, 9.17) is 18.9 Å². The minimum absolute atomic E-state index is 0.109. The van der Waals surface area contributed by atoms with Crippen LogP contribution in [0.2, 0.25) is 0 Å². The number of aromatic hydroxyl groups is 1. The van der Waals surface area contributed by atoms with Gasteiger partial charge in [-0.2, -0.15) is 5.10 Å². The Morgan fingerprint density at radius 2 is 1.43 bits per heavy atom. The molecule has 37 heavy (non-hydrogen) atoms. The molecule has 0 aliphatic carbocycles. The van der Waals surface area contributed by atoms with E-state index >= 15 is 0 Å². The Morgan fingerprint density at radius 3 is 1.97 bits per heavy atom. The van der Waals surface area contributed by atoms with Crippen LogP contribution >= 0.6 is 0 Å². The molecular formula is C28H27N3O6. The molecule has 4 aromatic rings. The lowest BCUT2D eigenvalue weighted by molar-refractivity contribution is 0.0729. The zero-order chi connectivity index (χ0) is 26.1. The number of H-pyrrole nitrogens is 1. The second kappa shape index (κ2) is 9.77. The normalized spacial score (nSPS) is 14.4. The minimum atomic E-state index is -0.524. The maximum Gasteiger partial charge on any atom is 0.273 e. The van der Waals surface area contributed by atoms with Crippen molar-refractivity contribution in [2.45, 2.75) is 12.6 Å². The number of methoxy groups -OCH3 is 4. The quantitative estimate of drug-likeness (QED) is 0.365. The smallest absolute Gasteiger partial charge is 0.273 e. The summed E-state index contributed by atoms with van der Waals surface area (Å²) in [6.07, 6.45) is 0. The van der Waals surface area contributed by atoms with Gasteiger partial charge in [-0.25, -0.2) is 0 Å². The van der Waals surface area contributed by atoms with Crippen molar-refractivity contribution in [1.82, 2.24) is 15.1 Å². The van der Waals surface area contributed by atoms with Crippen molar-refractivity contribution in [1.29, 1.82) is 0 Å². The van der Waals surface area contributed by atoms with Crippen molar-refractivity contribution >= 4 is 5.91 Å². The van der Waals surface area contributed by atoms with E-state index in [1.54, 1.807) is 31.3 Å². The number of hydrogen-bond acceptors (Lipinski definition) is 7. The topological polar surface area (TPSA) is 106 Å². The molecule has 0 saturated heterocycles. The van der Waals surface area contributed by atoms with Crippen LogP contribution in [0.25, 0.3) is 11.3 Å². The highest BCUT2D eigenvalue weighted by Gasteiger charge is 2.42. The van der Waals surface area contributed by atoms with Gasteiger partial charge in [0.25, 0.3) is 5.91 Å². The van der Waals surface area contributed by atoms with Gasteiger partial charge in [-0.3, -0.25) is 9.89 Å². The van der Waals surface area contributed by atoms with Crippen LogP contribution < -0.4 is 18.9 Å². The fourth-order valence-corrected chi connectivity index (χ4v) is 4.67. The molecule has 0 bridgehead atoms. The van der Waals surface area contributed by atoms with Crippen LogP contribution in [0.4, 0.5) is 0 Å². The molecule has 1 atom stereocenters. The number of benzene rings is 3. The molecule has 9 nitrogen and oxygen atoms in total. The Morgan fingerprint density at radius 1 is 0.865 bits per heavy atom. The van der Waals surface area contributed by atoms with Gasteiger partial charge < -0.3 is 29.0 Å². The second-order valence-corrected chi connectivity index (χ2v) is 8.55. The molecule has 2 N–H and O–H groups in total. The lowest BCUT2D eigenvalue weighted by atomic mass is 9.95. The number of aromatic amines is 1. The molecule has 1 amide bonds. The highest BCUT2D eigenvalue weighted by molar-refractivity contribution is 6.00. The second-order valence-electron chi connectivity index (χ2n) is 8.55. The summed E-state index contributed by atoms with van der Waals surface area (Å²) >= 11 is 0. The van der Waals surface area contributed by atoms with Crippen molar-refractivity contribution < 1.29 is 28.8 Å². The van der Waals surface area contributed by atoms with E-state index in [0.717, 1.165) is 28.2 Å². The average molecular weight is 502 g/mol. The highest BCUT2D eigenvalue weighted by atomic mass is 16.5. The molecular weight excluding hydrogens is 474 g/mol. The molecule has 1 aromatic heterocycles. The van der Waals surface area contributed by atoms with E-state index in [9.17, 15) is 9.90 Å². The van der Waals surface area contributed by atoms with Crippen LogP contribution in [0.5, 0.6) is 28.7 Å². The number of phenolic OH excluding ortho intramolecular Hbond substituents is 1. The lowest BCUT2D eigenvalue weighted by Gasteiger charge is -2.27. The van der Waals surface area contributed by atoms with Crippen molar-refractivity contribution in [3.8, 4) is 40.0 Å². The van der Waals surface area contributed by atoms with Gasteiger partial charge in [0, 0.05) is 17.7 Å². The Hall–Kier alpha value is -4.66. The summed E-state index contributed by atoms with van der Waals surface area (Å²) in [7, 11) is 6.16. The van der Waals surface area contributed by atoms with E-state index in [1.165, 1.54) is 14.2 Å². The number of nitrogens with one attached hydrogen (secondary N) is 1.